The van der Waals surface area contributed by atoms with Crippen molar-refractivity contribution >= 4 is 23.0 Å². The smallest absolute Gasteiger partial charge is 0.340 e. The lowest BCUT2D eigenvalue weighted by Gasteiger charge is -2.11. The van der Waals surface area contributed by atoms with Crippen LogP contribution < -0.4 is 5.32 Å². The molecule has 2 aromatic carbocycles. The van der Waals surface area contributed by atoms with E-state index in [0.717, 1.165) is 30.4 Å². The number of carbonyl (C=O) groups excluding carboxylic acids is 1. The number of aryl methyl sites for hydroxylation is 1. The second-order valence-corrected chi connectivity index (χ2v) is 5.23. The summed E-state index contributed by atoms with van der Waals surface area (Å²) in [5, 5.41) is 25.1. The predicted octanol–water partition coefficient (Wildman–Crippen LogP) is 3.21. The van der Waals surface area contributed by atoms with Gasteiger partial charge < -0.3 is 10.1 Å². The van der Waals surface area contributed by atoms with E-state index in [2.05, 4.69) is 10.1 Å². The van der Waals surface area contributed by atoms with E-state index in [4.69, 9.17) is 0 Å². The molecule has 0 radical (unpaired) electrons. The van der Waals surface area contributed by atoms with E-state index in [9.17, 15) is 25.0 Å². The van der Waals surface area contributed by atoms with Crippen molar-refractivity contribution in [1.82, 2.24) is 0 Å². The standard InChI is InChI=1S/C16H15N3O6/c1-10-3-5-11(6-4-10)9-17-15-13(16(20)25-2)7-12(18(21)22)8-14(15)19(23)24/h3-8,17H,9H2,1-2H3. The number of hydrogen-bond donors (Lipinski definition) is 1. The molecule has 0 fully saturated rings. The fourth-order valence-corrected chi connectivity index (χ4v) is 2.21. The van der Waals surface area contributed by atoms with Crippen LogP contribution in [0, 0.1) is 27.2 Å². The van der Waals surface area contributed by atoms with Gasteiger partial charge >= 0.3 is 5.97 Å². The third-order valence-electron chi connectivity index (χ3n) is 3.51. The monoisotopic (exact) mass is 345 g/mol. The van der Waals surface area contributed by atoms with Crippen LogP contribution in [0.15, 0.2) is 36.4 Å². The molecule has 9 nitrogen and oxygen atoms in total. The van der Waals surface area contributed by atoms with Gasteiger partial charge in [-0.1, -0.05) is 29.8 Å². The largest absolute Gasteiger partial charge is 0.465 e. The Morgan fingerprint density at radius 1 is 1.12 bits per heavy atom. The molecule has 0 atom stereocenters. The molecule has 0 aliphatic carbocycles. The zero-order chi connectivity index (χ0) is 18.6. The Bertz CT molecular complexity index is 833. The van der Waals surface area contributed by atoms with Crippen molar-refractivity contribution < 1.29 is 19.4 Å². The lowest BCUT2D eigenvalue weighted by Crippen LogP contribution is -2.11. The Balaban J connectivity index is 2.48. The average molecular weight is 345 g/mol. The summed E-state index contributed by atoms with van der Waals surface area (Å²) in [7, 11) is 1.09. The molecule has 2 rings (SSSR count). The zero-order valence-corrected chi connectivity index (χ0v) is 13.5. The summed E-state index contributed by atoms with van der Waals surface area (Å²) in [6, 6.07) is 9.18. The van der Waals surface area contributed by atoms with Crippen LogP contribution in [0.4, 0.5) is 17.1 Å². The number of nitrogens with one attached hydrogen (secondary N) is 1. The summed E-state index contributed by atoms with van der Waals surface area (Å²) < 4.78 is 4.59. The number of benzene rings is 2. The third kappa shape index (κ3) is 4.08. The highest BCUT2D eigenvalue weighted by Crippen LogP contribution is 2.34. The van der Waals surface area contributed by atoms with Gasteiger partial charge in [-0.2, -0.15) is 0 Å². The first-order valence-electron chi connectivity index (χ1n) is 7.18. The van der Waals surface area contributed by atoms with Crippen LogP contribution in [0.2, 0.25) is 0 Å². The quantitative estimate of drug-likeness (QED) is 0.484. The van der Waals surface area contributed by atoms with E-state index in [-0.39, 0.29) is 17.8 Å². The number of non-ortho nitro benzene ring substituents is 1. The topological polar surface area (TPSA) is 125 Å². The van der Waals surface area contributed by atoms with E-state index >= 15 is 0 Å². The fraction of sp³-hybridized carbons (Fsp3) is 0.188. The van der Waals surface area contributed by atoms with Crippen LogP contribution in [0.5, 0.6) is 0 Å². The average Bonchev–Trinajstić information content (AvgIpc) is 2.59. The molecule has 2 aromatic rings. The Morgan fingerprint density at radius 2 is 1.76 bits per heavy atom. The molecule has 0 heterocycles. The molecule has 9 heteroatoms. The summed E-state index contributed by atoms with van der Waals surface area (Å²) in [5.74, 6) is -0.904. The van der Waals surface area contributed by atoms with Gasteiger partial charge in [0.1, 0.15) is 5.69 Å². The van der Waals surface area contributed by atoms with E-state index in [0.29, 0.717) is 0 Å². The zero-order valence-electron chi connectivity index (χ0n) is 13.5. The highest BCUT2D eigenvalue weighted by atomic mass is 16.6. The number of carbonyl (C=O) groups is 1. The van der Waals surface area contributed by atoms with Crippen molar-refractivity contribution in [1.29, 1.82) is 0 Å². The normalized spacial score (nSPS) is 10.2. The maximum Gasteiger partial charge on any atom is 0.340 e. The number of esters is 1. The summed E-state index contributed by atoms with van der Waals surface area (Å²) in [5.41, 5.74) is 0.364. The first-order chi connectivity index (χ1) is 11.8. The molecule has 25 heavy (non-hydrogen) atoms. The Hall–Kier alpha value is -3.49. The third-order valence-corrected chi connectivity index (χ3v) is 3.51. The van der Waals surface area contributed by atoms with Gasteiger partial charge in [0, 0.05) is 12.6 Å². The lowest BCUT2D eigenvalue weighted by atomic mass is 10.1. The fourth-order valence-electron chi connectivity index (χ4n) is 2.21. The van der Waals surface area contributed by atoms with Gasteiger partial charge in [-0.25, -0.2) is 4.79 Å². The van der Waals surface area contributed by atoms with Crippen molar-refractivity contribution in [2.24, 2.45) is 0 Å². The molecule has 0 aliphatic rings. The Kier molecular flexibility index (Phi) is 5.28. The minimum absolute atomic E-state index is 0.122. The van der Waals surface area contributed by atoms with Crippen molar-refractivity contribution in [3.63, 3.8) is 0 Å². The predicted molar refractivity (Wildman–Crippen MR) is 89.6 cm³/mol. The molecule has 130 valence electrons. The van der Waals surface area contributed by atoms with Crippen LogP contribution in [0.3, 0.4) is 0 Å². The van der Waals surface area contributed by atoms with Gasteiger partial charge in [-0.3, -0.25) is 20.2 Å². The van der Waals surface area contributed by atoms with Crippen molar-refractivity contribution in [3.05, 3.63) is 73.3 Å². The summed E-state index contributed by atoms with van der Waals surface area (Å²) in [6.45, 7) is 2.12. The SMILES string of the molecule is COC(=O)c1cc([N+](=O)[O-])cc([N+](=O)[O-])c1NCc1ccc(C)cc1. The number of ether oxygens (including phenoxy) is 1. The molecular weight excluding hydrogens is 330 g/mol. The van der Waals surface area contributed by atoms with Crippen molar-refractivity contribution in [2.45, 2.75) is 13.5 Å². The van der Waals surface area contributed by atoms with Gasteiger partial charge in [0.25, 0.3) is 11.4 Å². The van der Waals surface area contributed by atoms with Crippen LogP contribution in [0.25, 0.3) is 0 Å². The van der Waals surface area contributed by atoms with Crippen LogP contribution in [-0.4, -0.2) is 22.9 Å². The van der Waals surface area contributed by atoms with Crippen LogP contribution in [-0.2, 0) is 11.3 Å². The van der Waals surface area contributed by atoms with E-state index in [1.54, 1.807) is 0 Å². The van der Waals surface area contributed by atoms with Crippen molar-refractivity contribution in [3.8, 4) is 0 Å². The highest BCUT2D eigenvalue weighted by Gasteiger charge is 2.27. The maximum atomic E-state index is 11.9. The molecular formula is C16H15N3O6. The maximum absolute atomic E-state index is 11.9. The summed E-state index contributed by atoms with van der Waals surface area (Å²) in [4.78, 5) is 32.6. The van der Waals surface area contributed by atoms with Gasteiger partial charge in [0.05, 0.1) is 28.6 Å². The van der Waals surface area contributed by atoms with Gasteiger partial charge in [-0.15, -0.1) is 0 Å². The van der Waals surface area contributed by atoms with Crippen LogP contribution in [0.1, 0.15) is 21.5 Å². The molecule has 0 bridgehead atoms. The van der Waals surface area contributed by atoms with Gasteiger partial charge in [-0.05, 0) is 12.5 Å². The molecule has 0 aromatic heterocycles. The number of nitrogens with zero attached hydrogens (tertiary/aromatic N) is 2. The molecule has 0 spiro atoms. The molecule has 0 saturated heterocycles. The number of anilines is 1. The molecule has 0 amide bonds. The minimum Gasteiger partial charge on any atom is -0.465 e. The Labute approximate surface area is 142 Å². The number of nitro benzene ring substituents is 2. The van der Waals surface area contributed by atoms with E-state index < -0.39 is 27.2 Å². The van der Waals surface area contributed by atoms with Crippen LogP contribution >= 0.6 is 0 Å². The Morgan fingerprint density at radius 3 is 2.28 bits per heavy atom. The first-order valence-corrected chi connectivity index (χ1v) is 7.18. The van der Waals surface area contributed by atoms with Crippen molar-refractivity contribution in [2.75, 3.05) is 12.4 Å². The molecule has 0 aliphatic heterocycles. The summed E-state index contributed by atoms with van der Waals surface area (Å²) in [6.07, 6.45) is 0. The molecule has 0 unspecified atom stereocenters. The van der Waals surface area contributed by atoms with Gasteiger partial charge in [0.2, 0.25) is 0 Å². The highest BCUT2D eigenvalue weighted by molar-refractivity contribution is 5.99. The second kappa shape index (κ2) is 7.39. The van der Waals surface area contributed by atoms with E-state index in [1.165, 1.54) is 0 Å². The first kappa shape index (κ1) is 17.9. The number of nitro groups is 2. The molecule has 1 N–H and O–H groups in total. The van der Waals surface area contributed by atoms with Gasteiger partial charge in [0.15, 0.2) is 0 Å². The lowest BCUT2D eigenvalue weighted by molar-refractivity contribution is -0.393. The number of rotatable bonds is 6. The second-order valence-electron chi connectivity index (χ2n) is 5.23. The number of methoxy groups -OCH3 is 1. The number of hydrogen-bond acceptors (Lipinski definition) is 7. The summed E-state index contributed by atoms with van der Waals surface area (Å²) >= 11 is 0. The minimum atomic E-state index is -0.904. The van der Waals surface area contributed by atoms with E-state index in [1.807, 2.05) is 31.2 Å². The molecule has 0 saturated carbocycles.